The lowest BCUT2D eigenvalue weighted by molar-refractivity contribution is -0.884. The van der Waals surface area contributed by atoms with Crippen molar-refractivity contribution in [1.29, 1.82) is 0 Å². The Bertz CT molecular complexity index is 500. The van der Waals surface area contributed by atoms with Gasteiger partial charge in [0.15, 0.2) is 0 Å². The van der Waals surface area contributed by atoms with E-state index in [0.29, 0.717) is 0 Å². The molecule has 0 saturated heterocycles. The Morgan fingerprint density at radius 1 is 1.18 bits per heavy atom. The van der Waals surface area contributed by atoms with E-state index in [9.17, 15) is 0 Å². The maximum Gasteiger partial charge on any atom is 0.119 e. The Morgan fingerprint density at radius 2 is 1.88 bits per heavy atom. The van der Waals surface area contributed by atoms with Crippen LogP contribution < -0.4 is 28.7 Å². The van der Waals surface area contributed by atoms with Crippen LogP contribution in [0.15, 0.2) is 24.3 Å². The average molecular weight is 346 g/mol. The van der Waals surface area contributed by atoms with Gasteiger partial charge in [-0.05, 0) is 24.3 Å². The highest BCUT2D eigenvalue weighted by molar-refractivity contribution is 5.81. The van der Waals surface area contributed by atoms with Gasteiger partial charge in [-0.1, -0.05) is 0 Å². The second-order valence-electron chi connectivity index (χ2n) is 5.20. The van der Waals surface area contributed by atoms with Crippen molar-refractivity contribution in [1.82, 2.24) is 4.98 Å². The van der Waals surface area contributed by atoms with Crippen LogP contribution in [0.2, 0.25) is 0 Å². The topological polar surface area (TPSA) is 25.0 Å². The molecule has 1 N–H and O–H groups in total. The zero-order valence-electron chi connectivity index (χ0n) is 10.7. The van der Waals surface area contributed by atoms with Gasteiger partial charge in [-0.25, -0.2) is 0 Å². The number of quaternary nitrogens is 1. The fraction of sp³-hybridized carbons (Fsp3) is 0.385. The minimum absolute atomic E-state index is 0. The molecular formula is C13H19IN2O. The number of aromatic amines is 1. The molecule has 17 heavy (non-hydrogen) atoms. The van der Waals surface area contributed by atoms with Crippen LogP contribution in [0.5, 0.6) is 5.75 Å². The molecule has 2 rings (SSSR count). The van der Waals surface area contributed by atoms with Crippen molar-refractivity contribution >= 4 is 10.9 Å². The molecule has 0 aliphatic heterocycles. The van der Waals surface area contributed by atoms with E-state index in [0.717, 1.165) is 16.8 Å². The van der Waals surface area contributed by atoms with E-state index in [1.807, 2.05) is 6.07 Å². The highest BCUT2D eigenvalue weighted by atomic mass is 127. The number of halogens is 1. The van der Waals surface area contributed by atoms with Crippen molar-refractivity contribution in [2.75, 3.05) is 28.3 Å². The van der Waals surface area contributed by atoms with E-state index in [-0.39, 0.29) is 24.0 Å². The molecule has 1 aromatic carbocycles. The molecule has 0 spiro atoms. The number of H-pyrrole nitrogens is 1. The first kappa shape index (κ1) is 14.3. The molecule has 0 atom stereocenters. The summed E-state index contributed by atoms with van der Waals surface area (Å²) < 4.78 is 6.14. The number of methoxy groups -OCH3 is 1. The average Bonchev–Trinajstić information content (AvgIpc) is 2.55. The second kappa shape index (κ2) is 5.27. The van der Waals surface area contributed by atoms with Crippen LogP contribution in [-0.2, 0) is 6.54 Å². The zero-order chi connectivity index (χ0) is 11.8. The number of hydrogen-bond acceptors (Lipinski definition) is 1. The molecule has 0 aliphatic rings. The molecule has 4 heteroatoms. The third-order valence-corrected chi connectivity index (χ3v) is 2.53. The third kappa shape index (κ3) is 3.61. The predicted octanol–water partition coefficient (Wildman–Crippen LogP) is -0.613. The monoisotopic (exact) mass is 346 g/mol. The van der Waals surface area contributed by atoms with Crippen molar-refractivity contribution in [3.05, 3.63) is 30.0 Å². The fourth-order valence-electron chi connectivity index (χ4n) is 1.89. The van der Waals surface area contributed by atoms with Crippen molar-refractivity contribution in [3.63, 3.8) is 0 Å². The van der Waals surface area contributed by atoms with E-state index in [1.54, 1.807) is 7.11 Å². The zero-order valence-corrected chi connectivity index (χ0v) is 12.9. The van der Waals surface area contributed by atoms with Crippen LogP contribution in [0, 0.1) is 0 Å². The molecule has 94 valence electrons. The van der Waals surface area contributed by atoms with Crippen LogP contribution in [0.1, 0.15) is 5.69 Å². The van der Waals surface area contributed by atoms with Crippen LogP contribution >= 0.6 is 0 Å². The largest absolute Gasteiger partial charge is 1.00 e. The summed E-state index contributed by atoms with van der Waals surface area (Å²) in [6, 6.07) is 8.30. The molecular weight excluding hydrogens is 327 g/mol. The Balaban J connectivity index is 0.00000144. The van der Waals surface area contributed by atoms with Gasteiger partial charge in [0, 0.05) is 10.9 Å². The van der Waals surface area contributed by atoms with Gasteiger partial charge < -0.3 is 38.2 Å². The van der Waals surface area contributed by atoms with Crippen molar-refractivity contribution in [2.45, 2.75) is 6.54 Å². The number of fused-ring (bicyclic) bond motifs is 1. The SMILES string of the molecule is COc1ccc2[nH]c(C[N+](C)(C)C)cc2c1.[I-]. The number of nitrogens with zero attached hydrogens (tertiary/aromatic N) is 1. The first-order valence-corrected chi connectivity index (χ1v) is 5.44. The van der Waals surface area contributed by atoms with Gasteiger partial charge in [0.25, 0.3) is 0 Å². The second-order valence-corrected chi connectivity index (χ2v) is 5.20. The number of nitrogens with one attached hydrogen (secondary N) is 1. The molecule has 0 amide bonds. The third-order valence-electron chi connectivity index (χ3n) is 2.53. The summed E-state index contributed by atoms with van der Waals surface area (Å²) >= 11 is 0. The summed E-state index contributed by atoms with van der Waals surface area (Å²) in [5.74, 6) is 0.906. The first-order chi connectivity index (χ1) is 7.48. The standard InChI is InChI=1S/C13H19N2O.HI/c1-15(2,3)9-11-7-10-8-12(16-4)5-6-13(10)14-11;/h5-8,14H,9H2,1-4H3;1H/q+1;/p-1. The Labute approximate surface area is 119 Å². The highest BCUT2D eigenvalue weighted by Gasteiger charge is 2.11. The number of rotatable bonds is 3. The molecule has 2 aromatic rings. The summed E-state index contributed by atoms with van der Waals surface area (Å²) in [6.07, 6.45) is 0. The van der Waals surface area contributed by atoms with Gasteiger partial charge in [-0.2, -0.15) is 0 Å². The summed E-state index contributed by atoms with van der Waals surface area (Å²) in [7, 11) is 8.26. The van der Waals surface area contributed by atoms with Crippen LogP contribution in [0.25, 0.3) is 10.9 Å². The van der Waals surface area contributed by atoms with Crippen molar-refractivity contribution in [2.24, 2.45) is 0 Å². The molecule has 1 heterocycles. The molecule has 0 unspecified atom stereocenters. The normalized spacial score (nSPS) is 11.3. The number of aromatic nitrogens is 1. The molecule has 0 aliphatic carbocycles. The summed E-state index contributed by atoms with van der Waals surface area (Å²) in [4.78, 5) is 3.43. The number of ether oxygens (including phenoxy) is 1. The van der Waals surface area contributed by atoms with Gasteiger partial charge in [0.2, 0.25) is 0 Å². The molecule has 3 nitrogen and oxygen atoms in total. The number of hydrogen-bond donors (Lipinski definition) is 1. The van der Waals surface area contributed by atoms with Gasteiger partial charge >= 0.3 is 0 Å². The first-order valence-electron chi connectivity index (χ1n) is 5.44. The Hall–Kier alpha value is -0.750. The van der Waals surface area contributed by atoms with Crippen LogP contribution in [0.4, 0.5) is 0 Å². The van der Waals surface area contributed by atoms with E-state index < -0.39 is 0 Å². The van der Waals surface area contributed by atoms with Gasteiger partial charge in [0.1, 0.15) is 12.3 Å². The van der Waals surface area contributed by atoms with E-state index in [4.69, 9.17) is 4.74 Å². The molecule has 0 radical (unpaired) electrons. The predicted molar refractivity (Wildman–Crippen MR) is 66.6 cm³/mol. The quantitative estimate of drug-likeness (QED) is 0.582. The van der Waals surface area contributed by atoms with E-state index >= 15 is 0 Å². The minimum atomic E-state index is 0. The van der Waals surface area contributed by atoms with E-state index in [2.05, 4.69) is 44.3 Å². The highest BCUT2D eigenvalue weighted by Crippen LogP contribution is 2.22. The van der Waals surface area contributed by atoms with E-state index in [1.165, 1.54) is 16.6 Å². The molecule has 1 aromatic heterocycles. The Morgan fingerprint density at radius 3 is 2.47 bits per heavy atom. The molecule has 0 fully saturated rings. The maximum absolute atomic E-state index is 5.21. The fourth-order valence-corrected chi connectivity index (χ4v) is 1.89. The van der Waals surface area contributed by atoms with Crippen LogP contribution in [-0.4, -0.2) is 37.7 Å². The molecule has 0 saturated carbocycles. The number of benzene rings is 1. The smallest absolute Gasteiger partial charge is 0.119 e. The summed E-state index contributed by atoms with van der Waals surface area (Å²) in [5.41, 5.74) is 2.43. The Kier molecular flexibility index (Phi) is 4.43. The maximum atomic E-state index is 5.21. The molecule has 0 bridgehead atoms. The lowest BCUT2D eigenvalue weighted by Crippen LogP contribution is -3.00. The summed E-state index contributed by atoms with van der Waals surface area (Å²) in [6.45, 7) is 0.997. The van der Waals surface area contributed by atoms with Gasteiger partial charge in [-0.15, -0.1) is 0 Å². The van der Waals surface area contributed by atoms with Gasteiger partial charge in [-0.3, -0.25) is 0 Å². The van der Waals surface area contributed by atoms with Gasteiger partial charge in [0.05, 0.1) is 33.9 Å². The lowest BCUT2D eigenvalue weighted by atomic mass is 10.2. The minimum Gasteiger partial charge on any atom is -1.00 e. The van der Waals surface area contributed by atoms with Crippen molar-refractivity contribution in [3.8, 4) is 5.75 Å². The lowest BCUT2D eigenvalue weighted by Gasteiger charge is -2.22. The van der Waals surface area contributed by atoms with Crippen molar-refractivity contribution < 1.29 is 33.2 Å². The van der Waals surface area contributed by atoms with Crippen LogP contribution in [0.3, 0.4) is 0 Å². The summed E-state index contributed by atoms with van der Waals surface area (Å²) in [5, 5.41) is 1.21.